The number of carboxylic acids is 1. The van der Waals surface area contributed by atoms with E-state index in [1.165, 1.54) is 7.28 Å². The minimum absolute atomic E-state index is 0.263. The van der Waals surface area contributed by atoms with Crippen molar-refractivity contribution in [3.8, 4) is 11.1 Å². The highest BCUT2D eigenvalue weighted by atomic mass is 16.4. The number of aliphatic carboxylic acids is 1. The molecule has 0 spiro atoms. The van der Waals surface area contributed by atoms with Gasteiger partial charge in [0.2, 0.25) is 0 Å². The van der Waals surface area contributed by atoms with Crippen LogP contribution in [-0.2, 0) is 16.0 Å². The van der Waals surface area contributed by atoms with Crippen molar-refractivity contribution in [2.75, 3.05) is 0 Å². The van der Waals surface area contributed by atoms with E-state index in [-0.39, 0.29) is 6.32 Å². The summed E-state index contributed by atoms with van der Waals surface area (Å²) in [7, 11) is 1.36. The standard InChI is InChI=1S/C17H16BO3/c19-12-18-11-16(17(20)21)10-13-6-8-15(9-7-13)14-4-2-1-3-5-14/h1-9,12,16H,10-11H2,(H,20,21)/t16-/m0/s1. The van der Waals surface area contributed by atoms with E-state index >= 15 is 0 Å². The van der Waals surface area contributed by atoms with Crippen molar-refractivity contribution in [1.29, 1.82) is 0 Å². The van der Waals surface area contributed by atoms with Crippen molar-refractivity contribution < 1.29 is 14.7 Å². The largest absolute Gasteiger partial charge is 0.481 e. The smallest absolute Gasteiger partial charge is 0.306 e. The average Bonchev–Trinajstić information content (AvgIpc) is 2.52. The van der Waals surface area contributed by atoms with Crippen LogP contribution in [0, 0.1) is 5.92 Å². The summed E-state index contributed by atoms with van der Waals surface area (Å²) in [4.78, 5) is 21.5. The lowest BCUT2D eigenvalue weighted by Crippen LogP contribution is -2.18. The summed E-state index contributed by atoms with van der Waals surface area (Å²) in [5.41, 5.74) is 3.19. The highest BCUT2D eigenvalue weighted by Crippen LogP contribution is 2.21. The van der Waals surface area contributed by atoms with Gasteiger partial charge in [0.05, 0.1) is 12.1 Å². The summed E-state index contributed by atoms with van der Waals surface area (Å²) < 4.78 is 0. The Morgan fingerprint density at radius 3 is 2.24 bits per heavy atom. The maximum absolute atomic E-state index is 11.2. The van der Waals surface area contributed by atoms with Crippen LogP contribution in [0.25, 0.3) is 11.1 Å². The lowest BCUT2D eigenvalue weighted by atomic mass is 9.70. The molecular weight excluding hydrogens is 263 g/mol. The van der Waals surface area contributed by atoms with Crippen LogP contribution < -0.4 is 0 Å². The quantitative estimate of drug-likeness (QED) is 0.626. The Bertz CT molecular complexity index is 593. The van der Waals surface area contributed by atoms with Gasteiger partial charge in [0.25, 0.3) is 0 Å². The van der Waals surface area contributed by atoms with Crippen LogP contribution in [-0.4, -0.2) is 24.5 Å². The number of rotatable bonds is 7. The van der Waals surface area contributed by atoms with Gasteiger partial charge in [0.1, 0.15) is 0 Å². The lowest BCUT2D eigenvalue weighted by molar-refractivity contribution is -0.141. The maximum Gasteiger partial charge on any atom is 0.306 e. The van der Waals surface area contributed by atoms with Gasteiger partial charge in [-0.1, -0.05) is 60.9 Å². The van der Waals surface area contributed by atoms with E-state index in [9.17, 15) is 9.59 Å². The first-order chi connectivity index (χ1) is 10.2. The fraction of sp³-hybridized carbons (Fsp3) is 0.176. The summed E-state index contributed by atoms with van der Waals surface area (Å²) in [5.74, 6) is -1.43. The molecule has 0 aliphatic rings. The molecule has 0 aromatic heterocycles. The molecule has 0 unspecified atom stereocenters. The van der Waals surface area contributed by atoms with Crippen LogP contribution in [0.15, 0.2) is 54.6 Å². The molecule has 105 valence electrons. The fourth-order valence-electron chi connectivity index (χ4n) is 2.24. The topological polar surface area (TPSA) is 54.4 Å². The van der Waals surface area contributed by atoms with Crippen LogP contribution in [0.5, 0.6) is 0 Å². The second kappa shape index (κ2) is 7.43. The Labute approximate surface area is 124 Å². The molecule has 4 heteroatoms. The number of hydrogen-bond donors (Lipinski definition) is 1. The normalized spacial score (nSPS) is 11.6. The Morgan fingerprint density at radius 2 is 1.67 bits per heavy atom. The van der Waals surface area contributed by atoms with Crippen molar-refractivity contribution >= 4 is 19.4 Å². The van der Waals surface area contributed by atoms with Gasteiger partial charge < -0.3 is 9.90 Å². The Kier molecular flexibility index (Phi) is 5.32. The van der Waals surface area contributed by atoms with E-state index in [2.05, 4.69) is 0 Å². The van der Waals surface area contributed by atoms with Gasteiger partial charge in [-0.05, 0) is 23.1 Å². The molecule has 0 aliphatic carbocycles. The third kappa shape index (κ3) is 4.31. The van der Waals surface area contributed by atoms with Crippen LogP contribution in [0.1, 0.15) is 5.56 Å². The monoisotopic (exact) mass is 279 g/mol. The second-order valence-electron chi connectivity index (χ2n) is 4.91. The molecule has 0 bridgehead atoms. The zero-order valence-electron chi connectivity index (χ0n) is 11.6. The zero-order chi connectivity index (χ0) is 15.1. The van der Waals surface area contributed by atoms with E-state index < -0.39 is 11.9 Å². The predicted molar refractivity (Wildman–Crippen MR) is 84.0 cm³/mol. The fourth-order valence-corrected chi connectivity index (χ4v) is 2.24. The number of hydrogen-bond acceptors (Lipinski definition) is 2. The van der Waals surface area contributed by atoms with Crippen molar-refractivity contribution in [3.05, 3.63) is 60.2 Å². The first kappa shape index (κ1) is 15.0. The predicted octanol–water partition coefficient (Wildman–Crippen LogP) is 2.91. The Morgan fingerprint density at radius 1 is 1.05 bits per heavy atom. The third-order valence-corrected chi connectivity index (χ3v) is 3.41. The van der Waals surface area contributed by atoms with E-state index in [1.54, 1.807) is 0 Å². The maximum atomic E-state index is 11.2. The highest BCUT2D eigenvalue weighted by molar-refractivity contribution is 6.66. The van der Waals surface area contributed by atoms with Crippen molar-refractivity contribution in [2.45, 2.75) is 12.7 Å². The molecule has 0 amide bonds. The van der Waals surface area contributed by atoms with Gasteiger partial charge in [-0.15, -0.1) is 0 Å². The number of carboxylic acid groups (broad SMARTS) is 1. The molecule has 0 heterocycles. The lowest BCUT2D eigenvalue weighted by Gasteiger charge is -2.11. The van der Waals surface area contributed by atoms with Gasteiger partial charge in [-0.3, -0.25) is 4.79 Å². The van der Waals surface area contributed by atoms with Crippen LogP contribution in [0.2, 0.25) is 6.32 Å². The van der Waals surface area contributed by atoms with Crippen LogP contribution in [0.4, 0.5) is 0 Å². The first-order valence-corrected chi connectivity index (χ1v) is 6.85. The minimum Gasteiger partial charge on any atom is -0.481 e. The number of benzene rings is 2. The molecule has 1 radical (unpaired) electrons. The van der Waals surface area contributed by atoms with Gasteiger partial charge in [0.15, 0.2) is 7.28 Å². The molecular formula is C17H16BO3. The van der Waals surface area contributed by atoms with Crippen LogP contribution >= 0.6 is 0 Å². The van der Waals surface area contributed by atoms with E-state index in [0.717, 1.165) is 16.7 Å². The highest BCUT2D eigenvalue weighted by Gasteiger charge is 2.17. The second-order valence-corrected chi connectivity index (χ2v) is 4.91. The SMILES string of the molecule is O=C[B]C[C@H](Cc1ccc(-c2ccccc2)cc1)C(=O)O. The Balaban J connectivity index is 2.08. The Hall–Kier alpha value is -2.36. The number of carbonyl (C=O) groups is 2. The molecule has 1 atom stereocenters. The molecule has 21 heavy (non-hydrogen) atoms. The van der Waals surface area contributed by atoms with Crippen molar-refractivity contribution in [2.24, 2.45) is 5.92 Å². The van der Waals surface area contributed by atoms with Gasteiger partial charge >= 0.3 is 5.97 Å². The molecule has 0 saturated heterocycles. The average molecular weight is 279 g/mol. The summed E-state index contributed by atoms with van der Waals surface area (Å²) >= 11 is 0. The number of carbonyl (C=O) groups excluding carboxylic acids is 1. The molecule has 3 nitrogen and oxygen atoms in total. The summed E-state index contributed by atoms with van der Waals surface area (Å²) in [6, 6.07) is 17.9. The summed E-state index contributed by atoms with van der Waals surface area (Å²) in [5, 5.41) is 9.16. The molecule has 1 N–H and O–H groups in total. The molecule has 2 aromatic carbocycles. The van der Waals surface area contributed by atoms with E-state index in [0.29, 0.717) is 12.6 Å². The molecule has 0 saturated carbocycles. The molecule has 0 aliphatic heterocycles. The van der Waals surface area contributed by atoms with E-state index in [1.807, 2.05) is 54.6 Å². The first-order valence-electron chi connectivity index (χ1n) is 6.85. The van der Waals surface area contributed by atoms with Gasteiger partial charge in [0, 0.05) is 0 Å². The van der Waals surface area contributed by atoms with E-state index in [4.69, 9.17) is 5.11 Å². The third-order valence-electron chi connectivity index (χ3n) is 3.41. The summed E-state index contributed by atoms with van der Waals surface area (Å²) in [6.45, 7) is 0. The zero-order valence-corrected chi connectivity index (χ0v) is 11.6. The minimum atomic E-state index is -0.875. The van der Waals surface area contributed by atoms with Crippen molar-refractivity contribution in [1.82, 2.24) is 0 Å². The van der Waals surface area contributed by atoms with Gasteiger partial charge in [-0.2, -0.15) is 0 Å². The van der Waals surface area contributed by atoms with Crippen LogP contribution in [0.3, 0.4) is 0 Å². The van der Waals surface area contributed by atoms with Crippen molar-refractivity contribution in [3.63, 3.8) is 0 Å². The molecule has 2 rings (SSSR count). The molecule has 2 aromatic rings. The summed E-state index contributed by atoms with van der Waals surface area (Å²) in [6.07, 6.45) is 1.34. The van der Waals surface area contributed by atoms with Gasteiger partial charge in [-0.25, -0.2) is 0 Å². The molecule has 0 fully saturated rings.